The predicted octanol–water partition coefficient (Wildman–Crippen LogP) is 3.01. The number of nitrogens with zero attached hydrogens (tertiary/aromatic N) is 3. The van der Waals surface area contributed by atoms with Gasteiger partial charge >= 0.3 is 6.01 Å². The van der Waals surface area contributed by atoms with Gasteiger partial charge in [-0.25, -0.2) is 0 Å². The number of anilines is 1. The van der Waals surface area contributed by atoms with Crippen molar-refractivity contribution in [3.63, 3.8) is 0 Å². The SMILES string of the molecule is CCN(c1nnc(CCCl)o1)C1CCCCC1. The van der Waals surface area contributed by atoms with Gasteiger partial charge in [-0.1, -0.05) is 24.4 Å². The molecule has 0 radical (unpaired) electrons. The maximum Gasteiger partial charge on any atom is 0.318 e. The summed E-state index contributed by atoms with van der Waals surface area (Å²) in [7, 11) is 0. The quantitative estimate of drug-likeness (QED) is 0.761. The summed E-state index contributed by atoms with van der Waals surface area (Å²) < 4.78 is 5.65. The maximum absolute atomic E-state index is 5.67. The molecule has 1 heterocycles. The number of aryl methyl sites for hydroxylation is 1. The first kappa shape index (κ1) is 12.7. The molecular formula is C12H20ClN3O. The molecule has 4 nitrogen and oxygen atoms in total. The fourth-order valence-electron chi connectivity index (χ4n) is 2.49. The molecule has 1 aliphatic carbocycles. The highest BCUT2D eigenvalue weighted by molar-refractivity contribution is 6.17. The summed E-state index contributed by atoms with van der Waals surface area (Å²) in [5, 5.41) is 8.16. The zero-order valence-electron chi connectivity index (χ0n) is 10.4. The summed E-state index contributed by atoms with van der Waals surface area (Å²) in [5.41, 5.74) is 0. The molecule has 2 rings (SSSR count). The Morgan fingerprint density at radius 1 is 1.29 bits per heavy atom. The van der Waals surface area contributed by atoms with Gasteiger partial charge < -0.3 is 9.32 Å². The first-order valence-electron chi connectivity index (χ1n) is 6.50. The number of aromatic nitrogens is 2. The lowest BCUT2D eigenvalue weighted by Crippen LogP contribution is -2.36. The summed E-state index contributed by atoms with van der Waals surface area (Å²) in [6.07, 6.45) is 7.10. The lowest BCUT2D eigenvalue weighted by atomic mass is 9.94. The van der Waals surface area contributed by atoms with E-state index in [9.17, 15) is 0 Å². The first-order chi connectivity index (χ1) is 8.35. The van der Waals surface area contributed by atoms with Crippen molar-refractivity contribution in [1.82, 2.24) is 10.2 Å². The number of hydrogen-bond donors (Lipinski definition) is 0. The molecule has 0 aliphatic heterocycles. The molecule has 0 atom stereocenters. The average molecular weight is 258 g/mol. The minimum atomic E-state index is 0.525. The van der Waals surface area contributed by atoms with E-state index in [1.807, 2.05) is 0 Å². The smallest absolute Gasteiger partial charge is 0.318 e. The van der Waals surface area contributed by atoms with Gasteiger partial charge in [0, 0.05) is 24.9 Å². The predicted molar refractivity (Wildman–Crippen MR) is 68.6 cm³/mol. The van der Waals surface area contributed by atoms with Crippen molar-refractivity contribution < 1.29 is 4.42 Å². The number of halogens is 1. The van der Waals surface area contributed by atoms with E-state index >= 15 is 0 Å². The fraction of sp³-hybridized carbons (Fsp3) is 0.833. The first-order valence-corrected chi connectivity index (χ1v) is 7.03. The second-order valence-corrected chi connectivity index (χ2v) is 4.87. The molecule has 0 aromatic carbocycles. The molecule has 0 N–H and O–H groups in total. The largest absolute Gasteiger partial charge is 0.408 e. The molecule has 1 fully saturated rings. The third-order valence-corrected chi connectivity index (χ3v) is 3.56. The van der Waals surface area contributed by atoms with Crippen LogP contribution >= 0.6 is 11.6 Å². The fourth-order valence-corrected chi connectivity index (χ4v) is 2.65. The second kappa shape index (κ2) is 6.24. The van der Waals surface area contributed by atoms with E-state index in [4.69, 9.17) is 16.0 Å². The summed E-state index contributed by atoms with van der Waals surface area (Å²) in [6, 6.07) is 1.23. The highest BCUT2D eigenvalue weighted by atomic mass is 35.5. The zero-order chi connectivity index (χ0) is 12.1. The third kappa shape index (κ3) is 3.12. The molecule has 0 bridgehead atoms. The van der Waals surface area contributed by atoms with Gasteiger partial charge in [0.1, 0.15) is 0 Å². The van der Waals surface area contributed by atoms with Crippen LogP contribution in [0.5, 0.6) is 0 Å². The molecule has 1 saturated carbocycles. The van der Waals surface area contributed by atoms with E-state index in [0.717, 1.165) is 6.54 Å². The normalized spacial score (nSPS) is 17.3. The van der Waals surface area contributed by atoms with Gasteiger partial charge in [-0.3, -0.25) is 0 Å². The van der Waals surface area contributed by atoms with Crippen LogP contribution in [-0.4, -0.2) is 28.7 Å². The highest BCUT2D eigenvalue weighted by Crippen LogP contribution is 2.26. The maximum atomic E-state index is 5.67. The van der Waals surface area contributed by atoms with Crippen molar-refractivity contribution >= 4 is 17.6 Å². The van der Waals surface area contributed by atoms with Crippen molar-refractivity contribution in [2.75, 3.05) is 17.3 Å². The Kier molecular flexibility index (Phi) is 4.66. The molecule has 17 heavy (non-hydrogen) atoms. The number of alkyl halides is 1. The highest BCUT2D eigenvalue weighted by Gasteiger charge is 2.23. The molecule has 96 valence electrons. The van der Waals surface area contributed by atoms with Crippen molar-refractivity contribution in [2.45, 2.75) is 51.5 Å². The van der Waals surface area contributed by atoms with Crippen molar-refractivity contribution in [2.24, 2.45) is 0 Å². The van der Waals surface area contributed by atoms with Gasteiger partial charge in [-0.05, 0) is 19.8 Å². The third-order valence-electron chi connectivity index (χ3n) is 3.37. The Morgan fingerprint density at radius 2 is 2.06 bits per heavy atom. The van der Waals surface area contributed by atoms with Crippen LogP contribution in [0, 0.1) is 0 Å². The Labute approximate surface area is 107 Å². The van der Waals surface area contributed by atoms with E-state index < -0.39 is 0 Å². The Bertz CT molecular complexity index is 336. The summed E-state index contributed by atoms with van der Waals surface area (Å²) in [5.74, 6) is 1.17. The van der Waals surface area contributed by atoms with E-state index in [0.29, 0.717) is 30.2 Å². The second-order valence-electron chi connectivity index (χ2n) is 4.50. The van der Waals surface area contributed by atoms with Gasteiger partial charge in [0.2, 0.25) is 5.89 Å². The van der Waals surface area contributed by atoms with Crippen LogP contribution in [0.15, 0.2) is 4.42 Å². The Morgan fingerprint density at radius 3 is 2.71 bits per heavy atom. The minimum absolute atomic E-state index is 0.525. The van der Waals surface area contributed by atoms with Crippen LogP contribution < -0.4 is 4.90 Å². The molecule has 1 aliphatic rings. The van der Waals surface area contributed by atoms with Crippen molar-refractivity contribution in [3.8, 4) is 0 Å². The topological polar surface area (TPSA) is 42.2 Å². The summed E-state index contributed by atoms with van der Waals surface area (Å²) in [6.45, 7) is 3.06. The molecule has 0 amide bonds. The van der Waals surface area contributed by atoms with Gasteiger partial charge in [-0.2, -0.15) is 0 Å². The summed E-state index contributed by atoms with van der Waals surface area (Å²) >= 11 is 5.67. The number of hydrogen-bond acceptors (Lipinski definition) is 4. The van der Waals surface area contributed by atoms with Crippen molar-refractivity contribution in [1.29, 1.82) is 0 Å². The van der Waals surface area contributed by atoms with Gasteiger partial charge in [-0.15, -0.1) is 16.7 Å². The standard InChI is InChI=1S/C12H20ClN3O/c1-2-16(10-6-4-3-5-7-10)12-15-14-11(17-12)8-9-13/h10H,2-9H2,1H3. The molecule has 1 aromatic heterocycles. The van der Waals surface area contributed by atoms with Crippen LogP contribution in [0.3, 0.4) is 0 Å². The molecule has 0 saturated heterocycles. The van der Waals surface area contributed by atoms with Crippen LogP contribution in [0.1, 0.15) is 44.9 Å². The monoisotopic (exact) mass is 257 g/mol. The van der Waals surface area contributed by atoms with E-state index in [1.165, 1.54) is 32.1 Å². The molecule has 0 spiro atoms. The van der Waals surface area contributed by atoms with Crippen LogP contribution in [-0.2, 0) is 6.42 Å². The molecular weight excluding hydrogens is 238 g/mol. The average Bonchev–Trinajstić information content (AvgIpc) is 2.81. The zero-order valence-corrected chi connectivity index (χ0v) is 11.1. The van der Waals surface area contributed by atoms with Crippen LogP contribution in [0.2, 0.25) is 0 Å². The van der Waals surface area contributed by atoms with Crippen LogP contribution in [0.25, 0.3) is 0 Å². The molecule has 5 heteroatoms. The lowest BCUT2D eigenvalue weighted by molar-refractivity contribution is 0.389. The minimum Gasteiger partial charge on any atom is -0.408 e. The lowest BCUT2D eigenvalue weighted by Gasteiger charge is -2.31. The molecule has 1 aromatic rings. The Hall–Kier alpha value is -0.770. The number of rotatable bonds is 5. The van der Waals surface area contributed by atoms with E-state index in [2.05, 4.69) is 22.0 Å². The molecule has 0 unspecified atom stereocenters. The summed E-state index contributed by atoms with van der Waals surface area (Å²) in [4.78, 5) is 2.24. The Balaban J connectivity index is 2.04. The van der Waals surface area contributed by atoms with Gasteiger partial charge in [0.15, 0.2) is 0 Å². The van der Waals surface area contributed by atoms with Crippen molar-refractivity contribution in [3.05, 3.63) is 5.89 Å². The van der Waals surface area contributed by atoms with Gasteiger partial charge in [0.05, 0.1) is 0 Å². The van der Waals surface area contributed by atoms with E-state index in [-0.39, 0.29) is 0 Å². The van der Waals surface area contributed by atoms with E-state index in [1.54, 1.807) is 0 Å². The van der Waals surface area contributed by atoms with Gasteiger partial charge in [0.25, 0.3) is 0 Å². The van der Waals surface area contributed by atoms with Crippen LogP contribution in [0.4, 0.5) is 6.01 Å².